The van der Waals surface area contributed by atoms with E-state index in [4.69, 9.17) is 0 Å². The van der Waals surface area contributed by atoms with Gasteiger partial charge in [-0.25, -0.2) is 0 Å². The molecule has 5 nitrogen and oxygen atoms in total. The van der Waals surface area contributed by atoms with Gasteiger partial charge >= 0.3 is 5.97 Å². The van der Waals surface area contributed by atoms with Crippen molar-refractivity contribution in [3.8, 4) is 0 Å². The average molecular weight is 200 g/mol. The number of amides is 1. The van der Waals surface area contributed by atoms with E-state index in [1.54, 1.807) is 0 Å². The molecule has 1 N–H and O–H groups in total. The van der Waals surface area contributed by atoms with Crippen molar-refractivity contribution in [3.05, 3.63) is 0 Å². The van der Waals surface area contributed by atoms with Crippen molar-refractivity contribution < 1.29 is 14.3 Å². The zero-order valence-corrected chi connectivity index (χ0v) is 8.58. The van der Waals surface area contributed by atoms with Crippen LogP contribution < -0.4 is 5.32 Å². The van der Waals surface area contributed by atoms with Gasteiger partial charge in [0, 0.05) is 0 Å². The Hall–Kier alpha value is -1.10. The van der Waals surface area contributed by atoms with Gasteiger partial charge in [0.25, 0.3) is 0 Å². The summed E-state index contributed by atoms with van der Waals surface area (Å²) in [4.78, 5) is 24.3. The number of ether oxygens (including phenoxy) is 1. The number of likely N-dealkylation sites (tertiary alicyclic amines) is 1. The largest absolute Gasteiger partial charge is 0.468 e. The highest BCUT2D eigenvalue weighted by molar-refractivity contribution is 5.85. The molecular formula is C9H16N2O3. The van der Waals surface area contributed by atoms with Crippen LogP contribution in [0.4, 0.5) is 0 Å². The zero-order chi connectivity index (χ0) is 10.6. The lowest BCUT2D eigenvalue weighted by molar-refractivity contribution is -0.141. The summed E-state index contributed by atoms with van der Waals surface area (Å²) >= 11 is 0. The average Bonchev–Trinajstić information content (AvgIpc) is 2.60. The lowest BCUT2D eigenvalue weighted by Crippen LogP contribution is -2.43. The van der Waals surface area contributed by atoms with Crippen LogP contribution in [0.3, 0.4) is 0 Å². The second-order valence-corrected chi connectivity index (χ2v) is 3.43. The van der Waals surface area contributed by atoms with Crippen molar-refractivity contribution in [2.24, 2.45) is 0 Å². The number of carbonyl (C=O) groups is 2. The molecule has 0 spiro atoms. The molecule has 1 aliphatic heterocycles. The Kier molecular flexibility index (Phi) is 3.88. The number of hydrogen-bond acceptors (Lipinski definition) is 4. The van der Waals surface area contributed by atoms with Gasteiger partial charge in [0.05, 0.1) is 13.2 Å². The number of rotatable bonds is 3. The van der Waals surface area contributed by atoms with Gasteiger partial charge in [0.15, 0.2) is 0 Å². The van der Waals surface area contributed by atoms with Gasteiger partial charge in [0.2, 0.25) is 5.91 Å². The van der Waals surface area contributed by atoms with Gasteiger partial charge in [-0.2, -0.15) is 0 Å². The van der Waals surface area contributed by atoms with E-state index < -0.39 is 5.97 Å². The summed E-state index contributed by atoms with van der Waals surface area (Å²) in [5.41, 5.74) is 0. The van der Waals surface area contributed by atoms with Crippen molar-refractivity contribution in [2.45, 2.75) is 18.9 Å². The monoisotopic (exact) mass is 200 g/mol. The van der Waals surface area contributed by atoms with E-state index in [1.165, 1.54) is 7.11 Å². The third-order valence-corrected chi connectivity index (χ3v) is 2.46. The fourth-order valence-corrected chi connectivity index (χ4v) is 1.59. The predicted molar refractivity (Wildman–Crippen MR) is 50.7 cm³/mol. The summed E-state index contributed by atoms with van der Waals surface area (Å²) in [5, 5.41) is 2.55. The zero-order valence-electron chi connectivity index (χ0n) is 8.58. The topological polar surface area (TPSA) is 58.6 Å². The van der Waals surface area contributed by atoms with E-state index in [9.17, 15) is 9.59 Å². The molecule has 0 aliphatic carbocycles. The number of carbonyl (C=O) groups excluding carboxylic acids is 2. The molecule has 0 aromatic heterocycles. The minimum Gasteiger partial charge on any atom is -0.468 e. The predicted octanol–water partition coefficient (Wildman–Crippen LogP) is -0.630. The van der Waals surface area contributed by atoms with Crippen LogP contribution in [0.25, 0.3) is 0 Å². The normalized spacial score (nSPS) is 22.0. The summed E-state index contributed by atoms with van der Waals surface area (Å²) in [5.74, 6) is -0.505. The van der Waals surface area contributed by atoms with Crippen molar-refractivity contribution in [1.29, 1.82) is 0 Å². The van der Waals surface area contributed by atoms with E-state index in [1.807, 2.05) is 11.9 Å². The van der Waals surface area contributed by atoms with Crippen molar-refractivity contribution in [3.63, 3.8) is 0 Å². The number of nitrogens with one attached hydrogen (secondary N) is 1. The Morgan fingerprint density at radius 1 is 1.57 bits per heavy atom. The molecule has 5 heteroatoms. The summed E-state index contributed by atoms with van der Waals surface area (Å²) in [7, 11) is 3.21. The van der Waals surface area contributed by atoms with Crippen LogP contribution in [0.1, 0.15) is 12.8 Å². The van der Waals surface area contributed by atoms with E-state index in [0.717, 1.165) is 19.4 Å². The first kappa shape index (κ1) is 11.0. The van der Waals surface area contributed by atoms with Gasteiger partial charge in [-0.15, -0.1) is 0 Å². The van der Waals surface area contributed by atoms with Gasteiger partial charge in [0.1, 0.15) is 6.54 Å². The quantitative estimate of drug-likeness (QED) is 0.616. The SMILES string of the molecule is COC(=O)CNC(=O)[C@H]1CCCN1C. The molecule has 80 valence electrons. The fourth-order valence-electron chi connectivity index (χ4n) is 1.59. The lowest BCUT2D eigenvalue weighted by Gasteiger charge is -2.17. The highest BCUT2D eigenvalue weighted by atomic mass is 16.5. The molecule has 1 saturated heterocycles. The maximum absolute atomic E-state index is 11.5. The van der Waals surface area contributed by atoms with Gasteiger partial charge in [-0.3, -0.25) is 14.5 Å². The van der Waals surface area contributed by atoms with Crippen LogP contribution in [-0.2, 0) is 14.3 Å². The van der Waals surface area contributed by atoms with Crippen LogP contribution in [0, 0.1) is 0 Å². The molecule has 0 aromatic rings. The highest BCUT2D eigenvalue weighted by Gasteiger charge is 2.27. The smallest absolute Gasteiger partial charge is 0.325 e. The molecule has 1 aliphatic rings. The Balaban J connectivity index is 2.31. The minimum absolute atomic E-state index is 0.0420. The first-order valence-corrected chi connectivity index (χ1v) is 4.70. The summed E-state index contributed by atoms with van der Waals surface area (Å²) in [6.07, 6.45) is 1.90. The van der Waals surface area contributed by atoms with E-state index in [2.05, 4.69) is 10.1 Å². The second-order valence-electron chi connectivity index (χ2n) is 3.43. The number of hydrogen-bond donors (Lipinski definition) is 1. The van der Waals surface area contributed by atoms with E-state index in [0.29, 0.717) is 0 Å². The van der Waals surface area contributed by atoms with E-state index in [-0.39, 0.29) is 18.5 Å². The van der Waals surface area contributed by atoms with Gasteiger partial charge in [-0.05, 0) is 26.4 Å². The second kappa shape index (κ2) is 4.95. The molecule has 1 fully saturated rings. The Morgan fingerprint density at radius 3 is 2.79 bits per heavy atom. The van der Waals surface area contributed by atoms with Gasteiger partial charge < -0.3 is 10.1 Å². The number of esters is 1. The van der Waals surface area contributed by atoms with Crippen LogP contribution in [0.15, 0.2) is 0 Å². The maximum Gasteiger partial charge on any atom is 0.325 e. The molecule has 0 radical (unpaired) electrons. The third kappa shape index (κ3) is 2.70. The van der Waals surface area contributed by atoms with Crippen LogP contribution in [0.2, 0.25) is 0 Å². The number of likely N-dealkylation sites (N-methyl/N-ethyl adjacent to an activating group) is 1. The molecule has 14 heavy (non-hydrogen) atoms. The Bertz CT molecular complexity index is 230. The van der Waals surface area contributed by atoms with Crippen LogP contribution in [-0.4, -0.2) is 50.1 Å². The lowest BCUT2D eigenvalue weighted by atomic mass is 10.2. The summed E-state index contributed by atoms with van der Waals surface area (Å²) in [6.45, 7) is 0.899. The van der Waals surface area contributed by atoms with E-state index >= 15 is 0 Å². The first-order valence-electron chi connectivity index (χ1n) is 4.70. The summed E-state index contributed by atoms with van der Waals surface area (Å²) < 4.78 is 4.42. The molecule has 0 unspecified atom stereocenters. The van der Waals surface area contributed by atoms with Crippen LogP contribution >= 0.6 is 0 Å². The molecule has 1 amide bonds. The van der Waals surface area contributed by atoms with Crippen LogP contribution in [0.5, 0.6) is 0 Å². The minimum atomic E-state index is -0.418. The molecule has 1 atom stereocenters. The van der Waals surface area contributed by atoms with Crippen molar-refractivity contribution in [2.75, 3.05) is 27.2 Å². The molecule has 0 aromatic carbocycles. The maximum atomic E-state index is 11.5. The highest BCUT2D eigenvalue weighted by Crippen LogP contribution is 2.14. The molecule has 0 saturated carbocycles. The third-order valence-electron chi connectivity index (χ3n) is 2.46. The number of nitrogens with zero attached hydrogens (tertiary/aromatic N) is 1. The fraction of sp³-hybridized carbons (Fsp3) is 0.778. The Morgan fingerprint density at radius 2 is 2.29 bits per heavy atom. The molecular weight excluding hydrogens is 184 g/mol. The molecule has 1 rings (SSSR count). The molecule has 1 heterocycles. The van der Waals surface area contributed by atoms with Gasteiger partial charge in [-0.1, -0.05) is 0 Å². The summed E-state index contributed by atoms with van der Waals surface area (Å²) in [6, 6.07) is -0.0837. The van der Waals surface area contributed by atoms with Crippen molar-refractivity contribution in [1.82, 2.24) is 10.2 Å². The number of methoxy groups -OCH3 is 1. The van der Waals surface area contributed by atoms with Crippen molar-refractivity contribution >= 4 is 11.9 Å². The Labute approximate surface area is 83.4 Å². The molecule has 0 bridgehead atoms. The first-order chi connectivity index (χ1) is 6.65. The standard InChI is InChI=1S/C9H16N2O3/c1-11-5-3-4-7(11)9(13)10-6-8(12)14-2/h7H,3-6H2,1-2H3,(H,10,13)/t7-/m1/s1.